The fraction of sp³-hybridized carbons (Fsp3) is 0.385. The molecular formula is C13H14N2O7. The van der Waals surface area contributed by atoms with Crippen molar-refractivity contribution in [3.63, 3.8) is 0 Å². The van der Waals surface area contributed by atoms with Crippen molar-refractivity contribution in [1.82, 2.24) is 0 Å². The molecule has 0 saturated heterocycles. The van der Waals surface area contributed by atoms with Crippen LogP contribution in [-0.4, -0.2) is 39.2 Å². The van der Waals surface area contributed by atoms with E-state index in [1.165, 1.54) is 13.0 Å². The summed E-state index contributed by atoms with van der Waals surface area (Å²) in [4.78, 5) is 34.1. The molecule has 1 amide bonds. The molecule has 0 bridgehead atoms. The predicted molar refractivity (Wildman–Crippen MR) is 72.9 cm³/mol. The largest absolute Gasteiger partial charge is 0.464 e. The second kappa shape index (κ2) is 5.04. The minimum Gasteiger partial charge on any atom is -0.464 e. The van der Waals surface area contributed by atoms with Crippen molar-refractivity contribution in [2.75, 3.05) is 11.9 Å². The number of rotatable bonds is 4. The average Bonchev–Trinajstić information content (AvgIpc) is 2.71. The van der Waals surface area contributed by atoms with Gasteiger partial charge in [-0.15, -0.1) is 0 Å². The maximum Gasteiger partial charge on any atom is 0.341 e. The Morgan fingerprint density at radius 2 is 2.18 bits per heavy atom. The fourth-order valence-electron chi connectivity index (χ4n) is 2.29. The third kappa shape index (κ3) is 2.02. The zero-order valence-corrected chi connectivity index (χ0v) is 11.8. The minimum absolute atomic E-state index is 0.0719. The highest BCUT2D eigenvalue weighted by molar-refractivity contribution is 6.09. The van der Waals surface area contributed by atoms with E-state index in [-0.39, 0.29) is 17.9 Å². The van der Waals surface area contributed by atoms with Crippen LogP contribution in [0, 0.1) is 10.1 Å². The summed E-state index contributed by atoms with van der Waals surface area (Å²) in [6.45, 7) is 2.33. The van der Waals surface area contributed by atoms with Crippen LogP contribution >= 0.6 is 0 Å². The fourth-order valence-corrected chi connectivity index (χ4v) is 2.29. The van der Waals surface area contributed by atoms with Crippen LogP contribution in [0.3, 0.4) is 0 Å². The van der Waals surface area contributed by atoms with E-state index in [1.54, 1.807) is 0 Å². The van der Waals surface area contributed by atoms with Gasteiger partial charge in [0, 0.05) is 23.4 Å². The monoisotopic (exact) mass is 310 g/mol. The van der Waals surface area contributed by atoms with Gasteiger partial charge in [0.25, 0.3) is 11.6 Å². The maximum atomic E-state index is 12.1. The van der Waals surface area contributed by atoms with Crippen molar-refractivity contribution in [2.24, 2.45) is 0 Å². The Morgan fingerprint density at radius 3 is 2.73 bits per heavy atom. The zero-order valence-electron chi connectivity index (χ0n) is 11.8. The molecule has 2 rings (SSSR count). The van der Waals surface area contributed by atoms with Gasteiger partial charge in [-0.2, -0.15) is 0 Å². The van der Waals surface area contributed by atoms with Gasteiger partial charge in [-0.1, -0.05) is 0 Å². The first-order valence-electron chi connectivity index (χ1n) is 6.38. The number of carbonyl (C=O) groups excluding carboxylic acids is 2. The summed E-state index contributed by atoms with van der Waals surface area (Å²) in [6.07, 6.45) is 0. The lowest BCUT2D eigenvalue weighted by Crippen LogP contribution is -2.59. The first kappa shape index (κ1) is 15.9. The highest BCUT2D eigenvalue weighted by Crippen LogP contribution is 2.44. The molecular weight excluding hydrogens is 296 g/mol. The Bertz CT molecular complexity index is 670. The predicted octanol–water partition coefficient (Wildman–Crippen LogP) is 0.0486. The molecule has 1 heterocycles. The Morgan fingerprint density at radius 1 is 1.55 bits per heavy atom. The third-order valence-electron chi connectivity index (χ3n) is 3.56. The molecule has 1 aliphatic rings. The summed E-state index contributed by atoms with van der Waals surface area (Å²) in [5.74, 6) is -2.28. The lowest BCUT2D eigenvalue weighted by Gasteiger charge is -2.34. The number of nitrogens with zero attached hydrogens (tertiary/aromatic N) is 1. The van der Waals surface area contributed by atoms with Crippen LogP contribution in [0.4, 0.5) is 11.4 Å². The number of nitrogens with one attached hydrogen (secondary N) is 1. The molecule has 3 N–H and O–H groups in total. The van der Waals surface area contributed by atoms with Gasteiger partial charge in [0.15, 0.2) is 0 Å². The molecule has 22 heavy (non-hydrogen) atoms. The van der Waals surface area contributed by atoms with Crippen molar-refractivity contribution < 1.29 is 29.5 Å². The maximum absolute atomic E-state index is 12.1. The van der Waals surface area contributed by atoms with Crippen molar-refractivity contribution in [3.8, 4) is 0 Å². The second-order valence-electron chi connectivity index (χ2n) is 4.94. The highest BCUT2D eigenvalue weighted by Gasteiger charge is 2.62. The summed E-state index contributed by atoms with van der Waals surface area (Å²) < 4.78 is 4.66. The van der Waals surface area contributed by atoms with Crippen molar-refractivity contribution in [2.45, 2.75) is 25.0 Å². The van der Waals surface area contributed by atoms with E-state index >= 15 is 0 Å². The number of carbonyl (C=O) groups is 2. The zero-order chi connectivity index (χ0) is 16.7. The van der Waals surface area contributed by atoms with Crippen LogP contribution in [0.1, 0.15) is 19.4 Å². The first-order chi connectivity index (χ1) is 10.2. The van der Waals surface area contributed by atoms with Crippen LogP contribution in [0.25, 0.3) is 0 Å². The van der Waals surface area contributed by atoms with Crippen molar-refractivity contribution in [1.29, 1.82) is 0 Å². The number of anilines is 1. The number of nitro benzene ring substituents is 1. The standard InChI is InChI=1S/C13H14N2O7/c1-3-22-11(17)12(2,18)13(19)8-6-7(15(20)21)4-5-9(8)14-10(13)16/h4-6,18-19H,3H2,1-2H3,(H,14,16)/t12-,13-/m1/s1. The van der Waals surface area contributed by atoms with Gasteiger partial charge in [-0.05, 0) is 19.9 Å². The molecule has 1 aliphatic heterocycles. The molecule has 0 spiro atoms. The van der Waals surface area contributed by atoms with Crippen LogP contribution < -0.4 is 5.32 Å². The molecule has 0 radical (unpaired) electrons. The van der Waals surface area contributed by atoms with Gasteiger partial charge in [0.1, 0.15) is 0 Å². The molecule has 0 aliphatic carbocycles. The lowest BCUT2D eigenvalue weighted by molar-refractivity contribution is -0.385. The second-order valence-corrected chi connectivity index (χ2v) is 4.94. The van der Waals surface area contributed by atoms with Gasteiger partial charge in [-0.25, -0.2) is 4.79 Å². The van der Waals surface area contributed by atoms with Gasteiger partial charge >= 0.3 is 5.97 Å². The summed E-state index contributed by atoms with van der Waals surface area (Å²) in [5, 5.41) is 34.1. The van der Waals surface area contributed by atoms with Crippen LogP contribution in [-0.2, 0) is 19.9 Å². The number of hydrogen-bond donors (Lipinski definition) is 3. The molecule has 0 fully saturated rings. The molecule has 1 aromatic rings. The third-order valence-corrected chi connectivity index (χ3v) is 3.56. The quantitative estimate of drug-likeness (QED) is 0.405. The van der Waals surface area contributed by atoms with E-state index in [9.17, 15) is 29.9 Å². The van der Waals surface area contributed by atoms with E-state index in [1.807, 2.05) is 0 Å². The van der Waals surface area contributed by atoms with E-state index in [0.717, 1.165) is 19.1 Å². The highest BCUT2D eigenvalue weighted by atomic mass is 16.6. The first-order valence-corrected chi connectivity index (χ1v) is 6.38. The number of ether oxygens (including phenoxy) is 1. The Hall–Kier alpha value is -2.52. The van der Waals surface area contributed by atoms with E-state index < -0.39 is 33.7 Å². The number of fused-ring (bicyclic) bond motifs is 1. The van der Waals surface area contributed by atoms with Crippen LogP contribution in [0.2, 0.25) is 0 Å². The minimum atomic E-state index is -2.69. The lowest BCUT2D eigenvalue weighted by atomic mass is 9.79. The van der Waals surface area contributed by atoms with Gasteiger partial charge in [0.05, 0.1) is 11.5 Å². The summed E-state index contributed by atoms with van der Waals surface area (Å²) in [5.41, 5.74) is -5.89. The van der Waals surface area contributed by atoms with E-state index in [2.05, 4.69) is 10.1 Å². The topological polar surface area (TPSA) is 139 Å². The number of benzene rings is 1. The molecule has 9 heteroatoms. The normalized spacial score (nSPS) is 22.5. The summed E-state index contributed by atoms with van der Waals surface area (Å²) >= 11 is 0. The molecule has 0 aromatic heterocycles. The number of esters is 1. The SMILES string of the molecule is CCOC(=O)[C@@](C)(O)[C@]1(O)C(=O)Nc2ccc([N+](=O)[O-])cc21. The van der Waals surface area contributed by atoms with Gasteiger partial charge in [-0.3, -0.25) is 14.9 Å². The number of hydrogen-bond acceptors (Lipinski definition) is 7. The van der Waals surface area contributed by atoms with E-state index in [0.29, 0.717) is 0 Å². The van der Waals surface area contributed by atoms with Gasteiger partial charge in [0.2, 0.25) is 11.2 Å². The number of nitro groups is 1. The Labute approximate surface area is 124 Å². The Kier molecular flexibility index (Phi) is 3.63. The van der Waals surface area contributed by atoms with E-state index in [4.69, 9.17) is 0 Å². The smallest absolute Gasteiger partial charge is 0.341 e. The average molecular weight is 310 g/mol. The molecule has 0 saturated carbocycles. The number of aliphatic hydroxyl groups is 2. The van der Waals surface area contributed by atoms with Crippen molar-refractivity contribution >= 4 is 23.3 Å². The molecule has 2 atom stereocenters. The van der Waals surface area contributed by atoms with Crippen molar-refractivity contribution in [3.05, 3.63) is 33.9 Å². The van der Waals surface area contributed by atoms with Crippen LogP contribution in [0.5, 0.6) is 0 Å². The Balaban J connectivity index is 2.61. The molecule has 0 unspecified atom stereocenters. The molecule has 1 aromatic carbocycles. The summed E-state index contributed by atoms with van der Waals surface area (Å²) in [6, 6.07) is 3.27. The number of amides is 1. The van der Waals surface area contributed by atoms with Gasteiger partial charge < -0.3 is 20.3 Å². The summed E-state index contributed by atoms with van der Waals surface area (Å²) in [7, 11) is 0. The number of non-ortho nitro benzene ring substituents is 1. The molecule has 118 valence electrons. The van der Waals surface area contributed by atoms with Crippen LogP contribution in [0.15, 0.2) is 18.2 Å². The molecule has 9 nitrogen and oxygen atoms in total.